The molecule has 0 amide bonds. The minimum atomic E-state index is -0.477. The molecule has 0 aliphatic carbocycles. The van der Waals surface area contributed by atoms with Crippen LogP contribution in [0.2, 0.25) is 0 Å². The van der Waals surface area contributed by atoms with E-state index in [-0.39, 0.29) is 0 Å². The molecule has 16 heavy (non-hydrogen) atoms. The first-order chi connectivity index (χ1) is 7.63. The molecule has 0 aromatic carbocycles. The largest absolute Gasteiger partial charge is 0.370 e. The molecule has 6 heteroatoms. The van der Waals surface area contributed by atoms with Crippen LogP contribution in [-0.4, -0.2) is 28.9 Å². The molecule has 1 aromatic rings. The summed E-state index contributed by atoms with van der Waals surface area (Å²) in [6.45, 7) is 0.586. The van der Waals surface area contributed by atoms with Crippen LogP contribution in [0.25, 0.3) is 0 Å². The van der Waals surface area contributed by atoms with E-state index in [2.05, 4.69) is 10.3 Å². The molecule has 0 bridgehead atoms. The van der Waals surface area contributed by atoms with E-state index in [1.54, 1.807) is 31.4 Å². The van der Waals surface area contributed by atoms with Crippen molar-refractivity contribution in [2.75, 3.05) is 14.1 Å². The van der Waals surface area contributed by atoms with E-state index in [1.165, 1.54) is 0 Å². The van der Waals surface area contributed by atoms with Gasteiger partial charge in [0.2, 0.25) is 0 Å². The summed E-state index contributed by atoms with van der Waals surface area (Å²) in [7, 11) is 3.44. The molecule has 1 aromatic heterocycles. The highest BCUT2D eigenvalue weighted by Crippen LogP contribution is 2.05. The molecule has 1 heterocycles. The van der Waals surface area contributed by atoms with Crippen LogP contribution in [0, 0.1) is 10.1 Å². The summed E-state index contributed by atoms with van der Waals surface area (Å²) in [6, 6.07) is 3.74. The fourth-order valence-electron chi connectivity index (χ4n) is 1.30. The Morgan fingerprint density at radius 2 is 2.25 bits per heavy atom. The van der Waals surface area contributed by atoms with Crippen molar-refractivity contribution in [1.82, 2.24) is 15.2 Å². The van der Waals surface area contributed by atoms with Crippen LogP contribution < -0.4 is 5.32 Å². The lowest BCUT2D eigenvalue weighted by atomic mass is 10.2. The Balaban J connectivity index is 2.70. The second kappa shape index (κ2) is 5.69. The minimum absolute atomic E-state index is 0.460. The highest BCUT2D eigenvalue weighted by Gasteiger charge is 2.07. The van der Waals surface area contributed by atoms with Gasteiger partial charge in [-0.3, -0.25) is 15.1 Å². The zero-order chi connectivity index (χ0) is 12.0. The van der Waals surface area contributed by atoms with Gasteiger partial charge in [0.25, 0.3) is 6.20 Å². The summed E-state index contributed by atoms with van der Waals surface area (Å²) in [5, 5.41) is 13.2. The first-order valence-corrected chi connectivity index (χ1v) is 4.76. The predicted molar refractivity (Wildman–Crippen MR) is 59.8 cm³/mol. The van der Waals surface area contributed by atoms with Crippen molar-refractivity contribution in [1.29, 1.82) is 0 Å². The van der Waals surface area contributed by atoms with Crippen molar-refractivity contribution < 1.29 is 4.92 Å². The Morgan fingerprint density at radius 1 is 1.62 bits per heavy atom. The Hall–Kier alpha value is -2.11. The molecule has 6 nitrogen and oxygen atoms in total. The fourth-order valence-corrected chi connectivity index (χ4v) is 1.30. The van der Waals surface area contributed by atoms with Crippen LogP contribution >= 0.6 is 0 Å². The van der Waals surface area contributed by atoms with E-state index < -0.39 is 4.92 Å². The Morgan fingerprint density at radius 3 is 2.75 bits per heavy atom. The number of hydrogen-bond donors (Lipinski definition) is 1. The summed E-state index contributed by atoms with van der Waals surface area (Å²) in [5.74, 6) is 0.460. The van der Waals surface area contributed by atoms with Crippen molar-refractivity contribution in [3.05, 3.63) is 52.2 Å². The average Bonchev–Trinajstić information content (AvgIpc) is 2.26. The van der Waals surface area contributed by atoms with Crippen molar-refractivity contribution in [2.45, 2.75) is 6.54 Å². The molecule has 0 unspecified atom stereocenters. The molecule has 0 spiro atoms. The Labute approximate surface area is 93.7 Å². The summed E-state index contributed by atoms with van der Waals surface area (Å²) in [4.78, 5) is 15.6. The van der Waals surface area contributed by atoms with Gasteiger partial charge in [-0.2, -0.15) is 0 Å². The van der Waals surface area contributed by atoms with Gasteiger partial charge in [-0.05, 0) is 17.7 Å². The maximum atomic E-state index is 10.4. The number of aromatic nitrogens is 1. The number of nitrogens with one attached hydrogen (secondary N) is 1. The number of pyridine rings is 1. The van der Waals surface area contributed by atoms with Gasteiger partial charge >= 0.3 is 0 Å². The lowest BCUT2D eigenvalue weighted by Crippen LogP contribution is -2.26. The fraction of sp³-hybridized carbons (Fsp3) is 0.300. The molecular weight excluding hydrogens is 208 g/mol. The van der Waals surface area contributed by atoms with Crippen LogP contribution in [0.1, 0.15) is 5.56 Å². The lowest BCUT2D eigenvalue weighted by molar-refractivity contribution is -0.404. The van der Waals surface area contributed by atoms with Gasteiger partial charge in [-0.1, -0.05) is 0 Å². The molecule has 0 radical (unpaired) electrons. The number of nitro groups is 1. The van der Waals surface area contributed by atoms with Crippen LogP contribution in [0.5, 0.6) is 0 Å². The molecule has 86 valence electrons. The van der Waals surface area contributed by atoms with Crippen molar-refractivity contribution >= 4 is 0 Å². The molecule has 0 fully saturated rings. The van der Waals surface area contributed by atoms with Gasteiger partial charge in [0, 0.05) is 33.0 Å². The molecule has 1 rings (SSSR count). The molecule has 0 aliphatic heterocycles. The quantitative estimate of drug-likeness (QED) is 0.589. The van der Waals surface area contributed by atoms with E-state index in [0.717, 1.165) is 11.8 Å². The van der Waals surface area contributed by atoms with E-state index in [1.807, 2.05) is 12.1 Å². The van der Waals surface area contributed by atoms with Crippen LogP contribution in [0.15, 0.2) is 36.5 Å². The van der Waals surface area contributed by atoms with Crippen LogP contribution in [0.4, 0.5) is 0 Å². The highest BCUT2D eigenvalue weighted by molar-refractivity contribution is 5.10. The van der Waals surface area contributed by atoms with Gasteiger partial charge in [0.05, 0.1) is 4.92 Å². The number of hydrogen-bond acceptors (Lipinski definition) is 5. The van der Waals surface area contributed by atoms with E-state index in [4.69, 9.17) is 0 Å². The Bertz CT molecular complexity index is 378. The first kappa shape index (κ1) is 12.0. The molecule has 0 atom stereocenters. The van der Waals surface area contributed by atoms with E-state index >= 15 is 0 Å². The van der Waals surface area contributed by atoms with Gasteiger partial charge in [-0.15, -0.1) is 0 Å². The SMILES string of the molecule is CN/C(=C\[N+](=O)[O-])N(C)Cc1ccncc1. The molecule has 0 saturated heterocycles. The second-order valence-corrected chi connectivity index (χ2v) is 3.26. The molecule has 0 aliphatic rings. The maximum Gasteiger partial charge on any atom is 0.274 e. The van der Waals surface area contributed by atoms with Gasteiger partial charge < -0.3 is 10.2 Å². The van der Waals surface area contributed by atoms with E-state index in [0.29, 0.717) is 12.4 Å². The van der Waals surface area contributed by atoms with Gasteiger partial charge in [0.15, 0.2) is 5.82 Å². The van der Waals surface area contributed by atoms with Crippen LogP contribution in [0.3, 0.4) is 0 Å². The summed E-state index contributed by atoms with van der Waals surface area (Å²) in [5.41, 5.74) is 1.04. The van der Waals surface area contributed by atoms with Crippen molar-refractivity contribution in [3.63, 3.8) is 0 Å². The topological polar surface area (TPSA) is 71.3 Å². The average molecular weight is 222 g/mol. The third-order valence-electron chi connectivity index (χ3n) is 2.06. The third kappa shape index (κ3) is 3.56. The summed E-state index contributed by atoms with van der Waals surface area (Å²) in [6.07, 6.45) is 4.33. The molecule has 0 saturated carbocycles. The highest BCUT2D eigenvalue weighted by atomic mass is 16.6. The molecule has 1 N–H and O–H groups in total. The minimum Gasteiger partial charge on any atom is -0.370 e. The number of rotatable bonds is 5. The first-order valence-electron chi connectivity index (χ1n) is 4.76. The third-order valence-corrected chi connectivity index (χ3v) is 2.06. The van der Waals surface area contributed by atoms with Gasteiger partial charge in [-0.25, -0.2) is 0 Å². The summed E-state index contributed by atoms with van der Waals surface area (Å²) >= 11 is 0. The second-order valence-electron chi connectivity index (χ2n) is 3.26. The lowest BCUT2D eigenvalue weighted by Gasteiger charge is -2.19. The zero-order valence-electron chi connectivity index (χ0n) is 9.25. The maximum absolute atomic E-state index is 10.4. The monoisotopic (exact) mass is 222 g/mol. The van der Waals surface area contributed by atoms with Crippen LogP contribution in [-0.2, 0) is 6.54 Å². The normalized spacial score (nSPS) is 11.0. The van der Waals surface area contributed by atoms with Crippen molar-refractivity contribution in [2.24, 2.45) is 0 Å². The van der Waals surface area contributed by atoms with Gasteiger partial charge in [0.1, 0.15) is 0 Å². The Kier molecular flexibility index (Phi) is 4.26. The standard InChI is InChI=1S/C10H14N4O2/c1-11-10(8-14(15)16)13(2)7-9-3-5-12-6-4-9/h3-6,8,11H,7H2,1-2H3/b10-8+. The summed E-state index contributed by atoms with van der Waals surface area (Å²) < 4.78 is 0. The predicted octanol–water partition coefficient (Wildman–Crippen LogP) is 0.808. The zero-order valence-corrected chi connectivity index (χ0v) is 9.25. The number of nitrogens with zero attached hydrogens (tertiary/aromatic N) is 3. The smallest absolute Gasteiger partial charge is 0.274 e. The van der Waals surface area contributed by atoms with E-state index in [9.17, 15) is 10.1 Å². The molecular formula is C10H14N4O2. The van der Waals surface area contributed by atoms with Crippen molar-refractivity contribution in [3.8, 4) is 0 Å².